The van der Waals surface area contributed by atoms with Gasteiger partial charge in [-0.05, 0) is 25.2 Å². The van der Waals surface area contributed by atoms with Crippen molar-refractivity contribution in [2.45, 2.75) is 27.3 Å². The summed E-state index contributed by atoms with van der Waals surface area (Å²) in [4.78, 5) is 13.2. The van der Waals surface area contributed by atoms with Gasteiger partial charge in [-0.3, -0.25) is 9.69 Å². The molecule has 3 nitrogen and oxygen atoms in total. The summed E-state index contributed by atoms with van der Waals surface area (Å²) < 4.78 is 5.39. The van der Waals surface area contributed by atoms with Gasteiger partial charge in [-0.2, -0.15) is 0 Å². The number of hydrogen-bond donors (Lipinski definition) is 0. The van der Waals surface area contributed by atoms with E-state index < -0.39 is 0 Å². The summed E-state index contributed by atoms with van der Waals surface area (Å²) in [7, 11) is 0. The number of ketones is 1. The van der Waals surface area contributed by atoms with E-state index in [1.807, 2.05) is 6.07 Å². The van der Waals surface area contributed by atoms with Crippen LogP contribution in [0.4, 0.5) is 0 Å². The number of rotatable bonds is 5. The largest absolute Gasteiger partial charge is 0.457 e. The first kappa shape index (κ1) is 11.0. The molecule has 78 valence electrons. The second kappa shape index (κ2) is 4.96. The predicted octanol–water partition coefficient (Wildman–Crippen LogP) is 2.32. The monoisotopic (exact) mass is 195 g/mol. The number of carbonyl (C=O) groups is 1. The first-order chi connectivity index (χ1) is 6.67. The lowest BCUT2D eigenvalue weighted by atomic mass is 10.3. The van der Waals surface area contributed by atoms with Crippen LogP contribution in [0.1, 0.15) is 37.1 Å². The molecule has 0 spiro atoms. The fourth-order valence-electron chi connectivity index (χ4n) is 1.32. The predicted molar refractivity (Wildman–Crippen MR) is 55.3 cm³/mol. The SMILES string of the molecule is CCN(CC)Cc1ccc(C(C)=O)o1. The average Bonchev–Trinajstić information content (AvgIpc) is 2.62. The highest BCUT2D eigenvalue weighted by molar-refractivity contribution is 5.91. The summed E-state index contributed by atoms with van der Waals surface area (Å²) in [6.45, 7) is 8.50. The maximum atomic E-state index is 11.0. The molecule has 1 heterocycles. The highest BCUT2D eigenvalue weighted by Crippen LogP contribution is 2.10. The first-order valence-electron chi connectivity index (χ1n) is 4.99. The van der Waals surface area contributed by atoms with Crippen molar-refractivity contribution in [3.63, 3.8) is 0 Å². The van der Waals surface area contributed by atoms with Gasteiger partial charge >= 0.3 is 0 Å². The van der Waals surface area contributed by atoms with Gasteiger partial charge in [-0.15, -0.1) is 0 Å². The molecule has 0 aliphatic rings. The van der Waals surface area contributed by atoms with E-state index in [4.69, 9.17) is 4.42 Å². The van der Waals surface area contributed by atoms with Crippen LogP contribution in [0.3, 0.4) is 0 Å². The van der Waals surface area contributed by atoms with Gasteiger partial charge in [-0.25, -0.2) is 0 Å². The van der Waals surface area contributed by atoms with Crippen LogP contribution in [0.15, 0.2) is 16.5 Å². The summed E-state index contributed by atoms with van der Waals surface area (Å²) in [6, 6.07) is 3.61. The molecule has 0 saturated heterocycles. The maximum absolute atomic E-state index is 11.0. The minimum absolute atomic E-state index is 0.0178. The van der Waals surface area contributed by atoms with E-state index in [-0.39, 0.29) is 5.78 Å². The summed E-state index contributed by atoms with van der Waals surface area (Å²) in [5.74, 6) is 1.29. The van der Waals surface area contributed by atoms with Gasteiger partial charge in [0.15, 0.2) is 11.5 Å². The minimum atomic E-state index is -0.0178. The molecule has 0 atom stereocenters. The molecule has 0 fully saturated rings. The smallest absolute Gasteiger partial charge is 0.194 e. The molecule has 3 heteroatoms. The number of Topliss-reactive ketones (excluding diaryl/α,β-unsaturated/α-hetero) is 1. The van der Waals surface area contributed by atoms with Crippen molar-refractivity contribution in [3.8, 4) is 0 Å². The van der Waals surface area contributed by atoms with Crippen LogP contribution in [0, 0.1) is 0 Å². The van der Waals surface area contributed by atoms with Crippen LogP contribution in [0.25, 0.3) is 0 Å². The van der Waals surface area contributed by atoms with Gasteiger partial charge in [0.05, 0.1) is 6.54 Å². The van der Waals surface area contributed by atoms with Crippen molar-refractivity contribution in [3.05, 3.63) is 23.7 Å². The average molecular weight is 195 g/mol. The van der Waals surface area contributed by atoms with Crippen molar-refractivity contribution in [1.82, 2.24) is 4.90 Å². The van der Waals surface area contributed by atoms with E-state index in [0.29, 0.717) is 5.76 Å². The van der Waals surface area contributed by atoms with Crippen LogP contribution in [-0.2, 0) is 6.54 Å². The molecule has 1 aromatic rings. The van der Waals surface area contributed by atoms with E-state index >= 15 is 0 Å². The molecule has 0 N–H and O–H groups in total. The van der Waals surface area contributed by atoms with Gasteiger partial charge in [0.1, 0.15) is 5.76 Å². The van der Waals surface area contributed by atoms with Crippen LogP contribution < -0.4 is 0 Å². The van der Waals surface area contributed by atoms with Crippen molar-refractivity contribution in [1.29, 1.82) is 0 Å². The molecule has 0 saturated carbocycles. The Morgan fingerprint density at radius 2 is 2.00 bits per heavy atom. The fourth-order valence-corrected chi connectivity index (χ4v) is 1.32. The second-order valence-electron chi connectivity index (χ2n) is 3.28. The molecule has 1 aromatic heterocycles. The van der Waals surface area contributed by atoms with Gasteiger partial charge in [0.2, 0.25) is 0 Å². The van der Waals surface area contributed by atoms with E-state index in [1.165, 1.54) is 6.92 Å². The molecule has 0 aliphatic heterocycles. The van der Waals surface area contributed by atoms with Crippen molar-refractivity contribution in [2.75, 3.05) is 13.1 Å². The van der Waals surface area contributed by atoms with E-state index in [2.05, 4.69) is 18.7 Å². The molecule has 0 amide bonds. The van der Waals surface area contributed by atoms with Crippen molar-refractivity contribution >= 4 is 5.78 Å². The molecule has 0 unspecified atom stereocenters. The maximum Gasteiger partial charge on any atom is 0.194 e. The Hall–Kier alpha value is -1.09. The van der Waals surface area contributed by atoms with E-state index in [0.717, 1.165) is 25.4 Å². The molecule has 0 bridgehead atoms. The lowest BCUT2D eigenvalue weighted by Crippen LogP contribution is -2.21. The topological polar surface area (TPSA) is 33.5 Å². The Kier molecular flexibility index (Phi) is 3.89. The van der Waals surface area contributed by atoms with E-state index in [9.17, 15) is 4.79 Å². The zero-order valence-electron chi connectivity index (χ0n) is 9.04. The third-order valence-electron chi connectivity index (χ3n) is 2.28. The molecule has 0 aromatic carbocycles. The minimum Gasteiger partial charge on any atom is -0.457 e. The lowest BCUT2D eigenvalue weighted by Gasteiger charge is -2.15. The first-order valence-corrected chi connectivity index (χ1v) is 4.99. The summed E-state index contributed by atoms with van der Waals surface area (Å²) in [6.07, 6.45) is 0. The highest BCUT2D eigenvalue weighted by atomic mass is 16.3. The fraction of sp³-hybridized carbons (Fsp3) is 0.545. The van der Waals surface area contributed by atoms with Crippen LogP contribution in [-0.4, -0.2) is 23.8 Å². The highest BCUT2D eigenvalue weighted by Gasteiger charge is 2.08. The molecule has 1 rings (SSSR count). The number of furan rings is 1. The normalized spacial score (nSPS) is 10.9. The summed E-state index contributed by atoms with van der Waals surface area (Å²) in [5.41, 5.74) is 0. The van der Waals surface area contributed by atoms with Crippen molar-refractivity contribution in [2.24, 2.45) is 0 Å². The molecular formula is C11H17NO2. The quantitative estimate of drug-likeness (QED) is 0.676. The molecule has 14 heavy (non-hydrogen) atoms. The Bertz CT molecular complexity index is 300. The summed E-state index contributed by atoms with van der Waals surface area (Å²) >= 11 is 0. The van der Waals surface area contributed by atoms with Crippen molar-refractivity contribution < 1.29 is 9.21 Å². The Morgan fingerprint density at radius 3 is 2.43 bits per heavy atom. The van der Waals surface area contributed by atoms with Gasteiger partial charge in [0.25, 0.3) is 0 Å². The molecule has 0 radical (unpaired) electrons. The van der Waals surface area contributed by atoms with Gasteiger partial charge < -0.3 is 4.42 Å². The van der Waals surface area contributed by atoms with Crippen LogP contribution in [0.2, 0.25) is 0 Å². The Labute approximate surface area is 84.7 Å². The lowest BCUT2D eigenvalue weighted by molar-refractivity contribution is 0.0983. The third-order valence-corrected chi connectivity index (χ3v) is 2.28. The zero-order chi connectivity index (χ0) is 10.6. The molecular weight excluding hydrogens is 178 g/mol. The summed E-state index contributed by atoms with van der Waals surface area (Å²) in [5, 5.41) is 0. The Morgan fingerprint density at radius 1 is 1.36 bits per heavy atom. The Balaban J connectivity index is 2.63. The zero-order valence-corrected chi connectivity index (χ0v) is 9.04. The van der Waals surface area contributed by atoms with E-state index in [1.54, 1.807) is 6.07 Å². The number of carbonyl (C=O) groups excluding carboxylic acids is 1. The molecule has 0 aliphatic carbocycles. The van der Waals surface area contributed by atoms with Gasteiger partial charge in [0, 0.05) is 6.92 Å². The van der Waals surface area contributed by atoms with Gasteiger partial charge in [-0.1, -0.05) is 13.8 Å². The standard InChI is InChI=1S/C11H17NO2/c1-4-12(5-2)8-10-6-7-11(14-10)9(3)13/h6-7H,4-5,8H2,1-3H3. The number of nitrogens with zero attached hydrogens (tertiary/aromatic N) is 1. The number of hydrogen-bond acceptors (Lipinski definition) is 3. The second-order valence-corrected chi connectivity index (χ2v) is 3.28. The van der Waals surface area contributed by atoms with Crippen LogP contribution in [0.5, 0.6) is 0 Å². The third kappa shape index (κ3) is 2.70. The van der Waals surface area contributed by atoms with Crippen LogP contribution >= 0.6 is 0 Å².